The average Bonchev–Trinajstić information content (AvgIpc) is 3.63. The van der Waals surface area contributed by atoms with Crippen LogP contribution in [-0.2, 0) is 21.7 Å². The predicted molar refractivity (Wildman–Crippen MR) is 292 cm³/mol. The second kappa shape index (κ2) is 19.1. The van der Waals surface area contributed by atoms with Crippen molar-refractivity contribution in [2.45, 2.75) is 102 Å². The van der Waals surface area contributed by atoms with Gasteiger partial charge >= 0.3 is 0 Å². The summed E-state index contributed by atoms with van der Waals surface area (Å²) < 4.78 is 0. The quantitative estimate of drug-likeness (QED) is 0.140. The van der Waals surface area contributed by atoms with E-state index in [1.165, 1.54) is 98.9 Å². The first-order chi connectivity index (χ1) is 34.2. The van der Waals surface area contributed by atoms with Gasteiger partial charge in [0.05, 0.1) is 0 Å². The molecular formula is C68H70O3. The Hall–Kier alpha value is -6.84. The van der Waals surface area contributed by atoms with Gasteiger partial charge in [0, 0.05) is 16.2 Å². The van der Waals surface area contributed by atoms with E-state index < -0.39 is 0 Å². The van der Waals surface area contributed by atoms with Gasteiger partial charge in [-0.15, -0.1) is 0 Å². The van der Waals surface area contributed by atoms with E-state index in [2.05, 4.69) is 187 Å². The van der Waals surface area contributed by atoms with Crippen molar-refractivity contribution in [3.8, 4) is 17.2 Å². The van der Waals surface area contributed by atoms with Crippen molar-refractivity contribution in [1.82, 2.24) is 0 Å². The van der Waals surface area contributed by atoms with Crippen molar-refractivity contribution in [3.05, 3.63) is 267 Å². The summed E-state index contributed by atoms with van der Waals surface area (Å²) in [5, 5.41) is 29.2. The van der Waals surface area contributed by atoms with E-state index in [9.17, 15) is 15.3 Å². The molecular weight excluding hydrogens is 865 g/mol. The van der Waals surface area contributed by atoms with Crippen LogP contribution in [0.4, 0.5) is 0 Å². The highest BCUT2D eigenvalue weighted by molar-refractivity contribution is 5.60. The zero-order chi connectivity index (χ0) is 49.5. The molecule has 0 spiro atoms. The van der Waals surface area contributed by atoms with Crippen LogP contribution in [0.2, 0.25) is 0 Å². The molecule has 13 rings (SSSR count). The molecule has 0 amide bonds. The van der Waals surface area contributed by atoms with Crippen LogP contribution in [0.25, 0.3) is 0 Å². The third kappa shape index (κ3) is 8.77. The number of benzene rings is 8. The highest BCUT2D eigenvalue weighted by Gasteiger charge is 2.58. The van der Waals surface area contributed by atoms with Crippen molar-refractivity contribution in [2.24, 2.45) is 23.7 Å². The van der Waals surface area contributed by atoms with Gasteiger partial charge in [0.1, 0.15) is 17.2 Å². The Balaban J connectivity index is 0.000000123. The largest absolute Gasteiger partial charge is 0.508 e. The molecule has 8 aromatic rings. The van der Waals surface area contributed by atoms with Crippen LogP contribution < -0.4 is 0 Å². The highest BCUT2D eigenvalue weighted by atomic mass is 16.3. The molecule has 0 radical (unpaired) electrons. The monoisotopic (exact) mass is 935 g/mol. The fourth-order valence-electron chi connectivity index (χ4n) is 14.1. The summed E-state index contributed by atoms with van der Waals surface area (Å²) in [6, 6.07) is 69.7. The predicted octanol–water partition coefficient (Wildman–Crippen LogP) is 16.2. The maximum Gasteiger partial charge on any atom is 0.115 e. The summed E-state index contributed by atoms with van der Waals surface area (Å²) >= 11 is 0. The van der Waals surface area contributed by atoms with E-state index in [1.807, 2.05) is 30.3 Å². The molecule has 4 bridgehead atoms. The van der Waals surface area contributed by atoms with Gasteiger partial charge in [0.15, 0.2) is 0 Å². The number of aryl methyl sites for hydroxylation is 3. The zero-order valence-corrected chi connectivity index (χ0v) is 42.4. The van der Waals surface area contributed by atoms with Crippen LogP contribution in [-0.4, -0.2) is 15.3 Å². The van der Waals surface area contributed by atoms with E-state index in [0.29, 0.717) is 17.2 Å². The molecule has 5 aliphatic carbocycles. The van der Waals surface area contributed by atoms with Gasteiger partial charge in [-0.25, -0.2) is 0 Å². The van der Waals surface area contributed by atoms with Crippen LogP contribution in [0.5, 0.6) is 17.2 Å². The lowest BCUT2D eigenvalue weighted by Crippen LogP contribution is -2.56. The third-order valence-corrected chi connectivity index (χ3v) is 17.5. The molecule has 3 N–H and O–H groups in total. The average molecular weight is 935 g/mol. The maximum atomic E-state index is 9.80. The number of hydrogen-bond acceptors (Lipinski definition) is 3. The van der Waals surface area contributed by atoms with E-state index in [0.717, 1.165) is 30.1 Å². The van der Waals surface area contributed by atoms with E-state index in [1.54, 1.807) is 24.3 Å². The molecule has 3 heteroatoms. The van der Waals surface area contributed by atoms with Gasteiger partial charge < -0.3 is 15.3 Å². The Morgan fingerprint density at radius 3 is 1.18 bits per heavy atom. The van der Waals surface area contributed by atoms with Gasteiger partial charge in [0.25, 0.3) is 0 Å². The summed E-state index contributed by atoms with van der Waals surface area (Å²) in [5.41, 5.74) is 15.7. The lowest BCUT2D eigenvalue weighted by atomic mass is 9.42. The molecule has 0 aromatic heterocycles. The molecule has 8 aromatic carbocycles. The van der Waals surface area contributed by atoms with E-state index in [-0.39, 0.29) is 21.7 Å². The van der Waals surface area contributed by atoms with Gasteiger partial charge in [-0.1, -0.05) is 194 Å². The first kappa shape index (κ1) is 47.8. The summed E-state index contributed by atoms with van der Waals surface area (Å²) in [5.74, 6) is 4.44. The summed E-state index contributed by atoms with van der Waals surface area (Å²) in [7, 11) is 0. The van der Waals surface area contributed by atoms with Crippen molar-refractivity contribution in [1.29, 1.82) is 0 Å². The molecule has 0 saturated heterocycles. The van der Waals surface area contributed by atoms with Crippen LogP contribution in [0, 0.1) is 44.4 Å². The van der Waals surface area contributed by atoms with Crippen molar-refractivity contribution >= 4 is 0 Å². The molecule has 360 valence electrons. The molecule has 0 aliphatic heterocycles. The van der Waals surface area contributed by atoms with Crippen LogP contribution in [0.3, 0.4) is 0 Å². The summed E-state index contributed by atoms with van der Waals surface area (Å²) in [6.45, 7) is 13.3. The van der Waals surface area contributed by atoms with Crippen molar-refractivity contribution in [3.63, 3.8) is 0 Å². The lowest BCUT2D eigenvalue weighted by Gasteiger charge is -2.62. The smallest absolute Gasteiger partial charge is 0.115 e. The zero-order valence-electron chi connectivity index (χ0n) is 42.4. The number of rotatable bonds is 7. The number of hydrogen-bond donors (Lipinski definition) is 3. The summed E-state index contributed by atoms with van der Waals surface area (Å²) in [6.07, 6.45) is 8.06. The fraction of sp³-hybridized carbons (Fsp3) is 0.294. The standard InChI is InChI=1S/C24H24O.C23H26O.C21H20O/c1-17-8-10-18(11-9-17)24(19-12-14-20(25)15-13-19)16-23(2,3)21-6-4-5-7-22(21)24;1-15-2-4-18(5-3-15)23(19-6-8-22(24)9-7-19)20-11-16-10-17(13-20)14-21(23)12-16;1-16-8-10-18(11-9-16)21(2,17-6-4-3-5-7-17)19-12-14-20(22)15-13-19/h4-15,25H,16H2,1-3H3;2-9,16-17,20-21,24H,10-14H2,1H3;3-15,22H,1-2H3. The molecule has 4 saturated carbocycles. The molecule has 5 aliphatic rings. The van der Waals surface area contributed by atoms with Crippen LogP contribution in [0.1, 0.15) is 126 Å². The van der Waals surface area contributed by atoms with Crippen molar-refractivity contribution in [2.75, 3.05) is 0 Å². The van der Waals surface area contributed by atoms with E-state index in [4.69, 9.17) is 0 Å². The number of phenolic OH excluding ortho intramolecular Hbond substituents is 3. The molecule has 2 unspecified atom stereocenters. The van der Waals surface area contributed by atoms with Crippen LogP contribution >= 0.6 is 0 Å². The topological polar surface area (TPSA) is 60.7 Å². The summed E-state index contributed by atoms with van der Waals surface area (Å²) in [4.78, 5) is 0. The van der Waals surface area contributed by atoms with Gasteiger partial charge in [-0.05, 0) is 182 Å². The SMILES string of the molecule is Cc1ccc(C(C)(c2ccccc2)c2ccc(O)cc2)cc1.Cc1ccc(C2(c3ccc(O)cc3)C3CC4CC(C3)CC2C4)cc1.Cc1ccc(C2(c3ccc(O)cc3)CC(C)(C)c3ccccc32)cc1. The second-order valence-corrected chi connectivity index (χ2v) is 22.4. The Bertz CT molecular complexity index is 2890. The molecule has 0 heterocycles. The van der Waals surface area contributed by atoms with Crippen molar-refractivity contribution < 1.29 is 15.3 Å². The Kier molecular flexibility index (Phi) is 12.8. The van der Waals surface area contributed by atoms with Crippen LogP contribution in [0.15, 0.2) is 200 Å². The maximum absolute atomic E-state index is 9.80. The second-order valence-electron chi connectivity index (χ2n) is 22.4. The number of aromatic hydroxyl groups is 3. The molecule has 3 nitrogen and oxygen atoms in total. The number of fused-ring (bicyclic) bond motifs is 1. The Morgan fingerprint density at radius 2 is 0.718 bits per heavy atom. The minimum atomic E-state index is -0.247. The minimum absolute atomic E-state index is 0.0966. The van der Waals surface area contributed by atoms with Gasteiger partial charge in [0.2, 0.25) is 0 Å². The number of phenols is 3. The molecule has 4 fully saturated rings. The normalized spacial score (nSPS) is 24.1. The lowest BCUT2D eigenvalue weighted by molar-refractivity contribution is -0.0418. The first-order valence-corrected chi connectivity index (χ1v) is 26.0. The fourth-order valence-corrected chi connectivity index (χ4v) is 14.1. The first-order valence-electron chi connectivity index (χ1n) is 26.0. The molecule has 71 heavy (non-hydrogen) atoms. The van der Waals surface area contributed by atoms with E-state index >= 15 is 0 Å². The van der Waals surface area contributed by atoms with Gasteiger partial charge in [-0.3, -0.25) is 0 Å². The molecule has 2 atom stereocenters. The Morgan fingerprint density at radius 1 is 0.380 bits per heavy atom. The Labute approximate surface area is 423 Å². The highest BCUT2D eigenvalue weighted by Crippen LogP contribution is 2.65. The third-order valence-electron chi connectivity index (χ3n) is 17.5. The van der Waals surface area contributed by atoms with Gasteiger partial charge in [-0.2, -0.15) is 0 Å². The minimum Gasteiger partial charge on any atom is -0.508 e.